The molecule has 23 heavy (non-hydrogen) atoms. The molecule has 0 saturated heterocycles. The van der Waals surface area contributed by atoms with E-state index in [-0.39, 0.29) is 17.9 Å². The van der Waals surface area contributed by atoms with E-state index in [1.54, 1.807) is 6.07 Å². The number of rotatable bonds is 4. The maximum atomic E-state index is 12.2. The fourth-order valence-corrected chi connectivity index (χ4v) is 3.90. The van der Waals surface area contributed by atoms with E-state index in [0.717, 1.165) is 11.9 Å². The minimum absolute atomic E-state index is 0.0403. The summed E-state index contributed by atoms with van der Waals surface area (Å²) in [6, 6.07) is 7.25. The van der Waals surface area contributed by atoms with Crippen LogP contribution in [0.5, 0.6) is 0 Å². The Morgan fingerprint density at radius 1 is 1.22 bits per heavy atom. The molecule has 0 aliphatic heterocycles. The van der Waals surface area contributed by atoms with Gasteiger partial charge in [-0.2, -0.15) is 5.10 Å². The Bertz CT molecular complexity index is 840. The topological polar surface area (TPSA) is 74.8 Å². The fourth-order valence-electron chi connectivity index (χ4n) is 3.90. The summed E-state index contributed by atoms with van der Waals surface area (Å²) in [6.45, 7) is 0.728. The van der Waals surface area contributed by atoms with Crippen molar-refractivity contribution in [3.63, 3.8) is 0 Å². The summed E-state index contributed by atoms with van der Waals surface area (Å²) in [5.74, 6) is 1.87. The second kappa shape index (κ2) is 5.65. The molecular formula is C18H19N3O2. The molecule has 1 amide bonds. The zero-order valence-corrected chi connectivity index (χ0v) is 12.8. The summed E-state index contributed by atoms with van der Waals surface area (Å²) >= 11 is 0. The first-order valence-electron chi connectivity index (χ1n) is 8.12. The van der Waals surface area contributed by atoms with Crippen LogP contribution in [0, 0.1) is 17.8 Å². The van der Waals surface area contributed by atoms with Crippen molar-refractivity contribution >= 4 is 16.7 Å². The van der Waals surface area contributed by atoms with Gasteiger partial charge in [0.2, 0.25) is 5.91 Å². The molecule has 1 aromatic heterocycles. The maximum Gasteiger partial charge on any atom is 0.272 e. The van der Waals surface area contributed by atoms with Gasteiger partial charge in [0.25, 0.3) is 5.56 Å². The lowest BCUT2D eigenvalue weighted by Gasteiger charge is -2.18. The molecule has 1 fully saturated rings. The van der Waals surface area contributed by atoms with E-state index in [1.807, 2.05) is 18.2 Å². The molecular weight excluding hydrogens is 290 g/mol. The normalized spacial score (nSPS) is 25.1. The fraction of sp³-hybridized carbons (Fsp3) is 0.389. The number of amides is 1. The van der Waals surface area contributed by atoms with Crippen LogP contribution in [0.4, 0.5) is 0 Å². The summed E-state index contributed by atoms with van der Waals surface area (Å²) < 4.78 is 0. The van der Waals surface area contributed by atoms with Crippen LogP contribution in [-0.2, 0) is 11.2 Å². The van der Waals surface area contributed by atoms with Crippen LogP contribution in [0.15, 0.2) is 41.2 Å². The third kappa shape index (κ3) is 2.67. The van der Waals surface area contributed by atoms with Gasteiger partial charge < -0.3 is 5.32 Å². The third-order valence-corrected chi connectivity index (χ3v) is 5.08. The van der Waals surface area contributed by atoms with E-state index in [1.165, 1.54) is 12.8 Å². The average molecular weight is 309 g/mol. The van der Waals surface area contributed by atoms with Crippen LogP contribution >= 0.6 is 0 Å². The molecule has 2 N–H and O–H groups in total. The van der Waals surface area contributed by atoms with Crippen LogP contribution < -0.4 is 10.9 Å². The predicted octanol–water partition coefficient (Wildman–Crippen LogP) is 1.79. The lowest BCUT2D eigenvalue weighted by Crippen LogP contribution is -2.32. The molecule has 0 radical (unpaired) electrons. The van der Waals surface area contributed by atoms with Gasteiger partial charge in [-0.15, -0.1) is 0 Å². The van der Waals surface area contributed by atoms with Gasteiger partial charge >= 0.3 is 0 Å². The van der Waals surface area contributed by atoms with E-state index in [0.29, 0.717) is 28.8 Å². The Kier molecular flexibility index (Phi) is 3.48. The minimum Gasteiger partial charge on any atom is -0.355 e. The SMILES string of the molecule is O=C(Cc1n[nH]c(=O)c2ccccc12)NC[C@H]1C[C@H]2C=C[C@H]1C2. The number of aromatic amines is 1. The Hall–Kier alpha value is -2.43. The zero-order chi connectivity index (χ0) is 15.8. The molecule has 2 aliphatic carbocycles. The molecule has 0 spiro atoms. The van der Waals surface area contributed by atoms with E-state index in [4.69, 9.17) is 0 Å². The molecule has 1 saturated carbocycles. The summed E-state index contributed by atoms with van der Waals surface area (Å²) in [5, 5.41) is 10.9. The monoisotopic (exact) mass is 309 g/mol. The van der Waals surface area contributed by atoms with Gasteiger partial charge in [0.05, 0.1) is 17.5 Å². The molecule has 2 bridgehead atoms. The first-order chi connectivity index (χ1) is 11.2. The van der Waals surface area contributed by atoms with Crippen molar-refractivity contribution in [1.29, 1.82) is 0 Å². The molecule has 2 aromatic rings. The number of carbonyl (C=O) groups excluding carboxylic acids is 1. The van der Waals surface area contributed by atoms with Crippen molar-refractivity contribution in [3.8, 4) is 0 Å². The first-order valence-corrected chi connectivity index (χ1v) is 8.12. The second-order valence-electron chi connectivity index (χ2n) is 6.57. The highest BCUT2D eigenvalue weighted by atomic mass is 16.1. The van der Waals surface area contributed by atoms with E-state index >= 15 is 0 Å². The predicted molar refractivity (Wildman–Crippen MR) is 87.9 cm³/mol. The van der Waals surface area contributed by atoms with Crippen LogP contribution in [0.25, 0.3) is 10.8 Å². The number of nitrogens with one attached hydrogen (secondary N) is 2. The number of benzene rings is 1. The van der Waals surface area contributed by atoms with Gasteiger partial charge in [0.1, 0.15) is 0 Å². The molecule has 5 heteroatoms. The number of aromatic nitrogens is 2. The van der Waals surface area contributed by atoms with Gasteiger partial charge in [-0.25, -0.2) is 5.10 Å². The molecule has 1 aromatic carbocycles. The number of H-pyrrole nitrogens is 1. The minimum atomic E-state index is -0.224. The highest BCUT2D eigenvalue weighted by Crippen LogP contribution is 2.42. The van der Waals surface area contributed by atoms with Gasteiger partial charge in [0.15, 0.2) is 0 Å². The quantitative estimate of drug-likeness (QED) is 0.846. The highest BCUT2D eigenvalue weighted by molar-refractivity contribution is 5.88. The largest absolute Gasteiger partial charge is 0.355 e. The van der Waals surface area contributed by atoms with Gasteiger partial charge in [-0.05, 0) is 36.7 Å². The number of hydrogen-bond acceptors (Lipinski definition) is 3. The van der Waals surface area contributed by atoms with Crippen LogP contribution in [-0.4, -0.2) is 22.6 Å². The maximum absolute atomic E-state index is 12.2. The first kappa shape index (κ1) is 14.2. The zero-order valence-electron chi connectivity index (χ0n) is 12.8. The van der Waals surface area contributed by atoms with Crippen molar-refractivity contribution < 1.29 is 4.79 Å². The number of hydrogen-bond donors (Lipinski definition) is 2. The van der Waals surface area contributed by atoms with Crippen LogP contribution in [0.3, 0.4) is 0 Å². The third-order valence-electron chi connectivity index (χ3n) is 5.08. The Morgan fingerprint density at radius 2 is 2.04 bits per heavy atom. The molecule has 5 nitrogen and oxygen atoms in total. The number of allylic oxidation sites excluding steroid dienone is 2. The summed E-state index contributed by atoms with van der Waals surface area (Å²) in [7, 11) is 0. The lowest BCUT2D eigenvalue weighted by atomic mass is 9.93. The summed E-state index contributed by atoms with van der Waals surface area (Å²) in [5.41, 5.74) is 0.393. The van der Waals surface area contributed by atoms with Crippen molar-refractivity contribution in [3.05, 3.63) is 52.5 Å². The Balaban J connectivity index is 1.44. The lowest BCUT2D eigenvalue weighted by molar-refractivity contribution is -0.120. The van der Waals surface area contributed by atoms with Crippen molar-refractivity contribution in [2.45, 2.75) is 19.3 Å². The average Bonchev–Trinajstić information content (AvgIpc) is 3.19. The van der Waals surface area contributed by atoms with Crippen molar-refractivity contribution in [2.24, 2.45) is 17.8 Å². The smallest absolute Gasteiger partial charge is 0.272 e. The van der Waals surface area contributed by atoms with Gasteiger partial charge in [-0.3, -0.25) is 9.59 Å². The summed E-state index contributed by atoms with van der Waals surface area (Å²) in [6.07, 6.45) is 7.21. The highest BCUT2D eigenvalue weighted by Gasteiger charge is 2.35. The van der Waals surface area contributed by atoms with E-state index in [9.17, 15) is 9.59 Å². The van der Waals surface area contributed by atoms with Gasteiger partial charge in [-0.1, -0.05) is 30.4 Å². The molecule has 3 atom stereocenters. The van der Waals surface area contributed by atoms with Gasteiger partial charge in [0, 0.05) is 11.9 Å². The Labute approximate surface area is 133 Å². The Morgan fingerprint density at radius 3 is 2.78 bits per heavy atom. The van der Waals surface area contributed by atoms with Crippen molar-refractivity contribution in [1.82, 2.24) is 15.5 Å². The molecule has 1 heterocycles. The second-order valence-corrected chi connectivity index (χ2v) is 6.57. The van der Waals surface area contributed by atoms with E-state index < -0.39 is 0 Å². The molecule has 4 rings (SSSR count). The molecule has 0 unspecified atom stereocenters. The van der Waals surface area contributed by atoms with Crippen LogP contribution in [0.2, 0.25) is 0 Å². The number of nitrogens with zero attached hydrogens (tertiary/aromatic N) is 1. The number of carbonyl (C=O) groups is 1. The summed E-state index contributed by atoms with van der Waals surface area (Å²) in [4.78, 5) is 24.0. The number of fused-ring (bicyclic) bond motifs is 3. The standard InChI is InChI=1S/C18H19N3O2/c22-17(19-10-13-8-11-5-6-12(13)7-11)9-16-14-3-1-2-4-15(14)18(23)21-20-16/h1-6,11-13H,7-10H2,(H,19,22)(H,21,23)/t11-,12-,13+/m0/s1. The van der Waals surface area contributed by atoms with E-state index in [2.05, 4.69) is 27.7 Å². The van der Waals surface area contributed by atoms with Crippen LogP contribution in [0.1, 0.15) is 18.5 Å². The molecule has 2 aliphatic rings. The molecule has 118 valence electrons. The van der Waals surface area contributed by atoms with Crippen molar-refractivity contribution in [2.75, 3.05) is 6.54 Å².